The minimum atomic E-state index is -1.57. The van der Waals surface area contributed by atoms with Gasteiger partial charge in [-0.1, -0.05) is 0 Å². The number of aromatic amines is 1. The highest BCUT2D eigenvalue weighted by Gasteiger charge is 2.39. The molecule has 18 heteroatoms. The van der Waals surface area contributed by atoms with Crippen LogP contribution < -0.4 is 27.4 Å². The lowest BCUT2D eigenvalue weighted by molar-refractivity contribution is -0.146. The second-order valence-electron chi connectivity index (χ2n) is 11.2. The van der Waals surface area contributed by atoms with Crippen LogP contribution in [-0.2, 0) is 40.0 Å². The molecule has 1 aromatic rings. The molecule has 6 atom stereocenters. The normalized spacial score (nSPS) is 20.5. The van der Waals surface area contributed by atoms with Crippen molar-refractivity contribution in [1.82, 2.24) is 35.7 Å². The van der Waals surface area contributed by atoms with Crippen LogP contribution in [0.4, 0.5) is 0 Å². The van der Waals surface area contributed by atoms with E-state index >= 15 is 0 Å². The zero-order valence-electron chi connectivity index (χ0n) is 24.9. The van der Waals surface area contributed by atoms with Crippen LogP contribution in [0.5, 0.6) is 0 Å². The summed E-state index contributed by atoms with van der Waals surface area (Å²) in [7, 11) is 0. The Balaban J connectivity index is 1.61. The number of aliphatic carboxylic acids is 1. The van der Waals surface area contributed by atoms with Gasteiger partial charge >= 0.3 is 5.97 Å². The predicted octanol–water partition coefficient (Wildman–Crippen LogP) is -3.92. The molecule has 248 valence electrons. The van der Waals surface area contributed by atoms with E-state index in [1.54, 1.807) is 6.20 Å². The van der Waals surface area contributed by atoms with Gasteiger partial charge in [-0.25, -0.2) is 9.78 Å². The lowest BCUT2D eigenvalue weighted by Crippen LogP contribution is -2.57. The average molecular weight is 636 g/mol. The largest absolute Gasteiger partial charge is 0.480 e. The molecule has 1 aromatic heterocycles. The smallest absolute Gasteiger partial charge is 0.328 e. The molecular weight excluding hydrogens is 594 g/mol. The van der Waals surface area contributed by atoms with E-state index in [0.717, 1.165) is 0 Å². The molecule has 2 aliphatic heterocycles. The number of H-pyrrole nitrogens is 1. The number of nitrogens with two attached hydrogens (primary N) is 2. The number of aliphatic hydroxyl groups is 1. The van der Waals surface area contributed by atoms with Crippen LogP contribution in [0.3, 0.4) is 0 Å². The lowest BCUT2D eigenvalue weighted by atomic mass is 10.1. The maximum absolute atomic E-state index is 13.3. The lowest BCUT2D eigenvalue weighted by Gasteiger charge is -2.28. The van der Waals surface area contributed by atoms with E-state index in [9.17, 15) is 43.8 Å². The molecule has 2 fully saturated rings. The van der Waals surface area contributed by atoms with Gasteiger partial charge in [0.1, 0.15) is 18.1 Å². The van der Waals surface area contributed by atoms with Gasteiger partial charge in [0.2, 0.25) is 35.4 Å². The third-order valence-electron chi connectivity index (χ3n) is 7.80. The molecule has 45 heavy (non-hydrogen) atoms. The van der Waals surface area contributed by atoms with Crippen LogP contribution >= 0.6 is 0 Å². The number of hydrogen-bond donors (Lipinski definition) is 8. The summed E-state index contributed by atoms with van der Waals surface area (Å²) in [5.74, 6) is -5.41. The standard InChI is InChI=1S/C27H41N9O9/c1-14(37)22(27(44)45)34-25(42)18-4-2-8-35(18)21(39)12-31-23(40)17(6-7-20(29)38)33-24(41)19-5-3-9-36(19)26(43)16(28)10-15-11-30-13-32-15/h11,13-14,16-19,22,37H,2-10,12,28H2,1H3,(H2,29,38)(H,30,32)(H,31,40)(H,33,41)(H,34,42)(H,44,45)/t14-,16+,17+,18+,19+,22+/m1/s1. The number of hydrogen-bond acceptors (Lipinski definition) is 10. The maximum atomic E-state index is 13.3. The van der Waals surface area contributed by atoms with Crippen molar-refractivity contribution in [2.24, 2.45) is 11.5 Å². The monoisotopic (exact) mass is 635 g/mol. The Morgan fingerprint density at radius 3 is 2.24 bits per heavy atom. The molecule has 0 aliphatic carbocycles. The van der Waals surface area contributed by atoms with E-state index in [-0.39, 0.29) is 38.8 Å². The quantitative estimate of drug-likeness (QED) is 0.0921. The molecule has 3 rings (SSSR count). The molecule has 6 amide bonds. The third-order valence-corrected chi connectivity index (χ3v) is 7.80. The van der Waals surface area contributed by atoms with Crippen LogP contribution in [-0.4, -0.2) is 127 Å². The number of imidazole rings is 1. The van der Waals surface area contributed by atoms with Gasteiger partial charge in [0.05, 0.1) is 25.0 Å². The zero-order chi connectivity index (χ0) is 33.3. The van der Waals surface area contributed by atoms with E-state index < -0.39 is 84.3 Å². The number of amides is 6. The molecule has 3 heterocycles. The maximum Gasteiger partial charge on any atom is 0.328 e. The van der Waals surface area contributed by atoms with Crippen molar-refractivity contribution < 1.29 is 43.8 Å². The van der Waals surface area contributed by atoms with E-state index in [1.807, 2.05) is 0 Å². The molecule has 0 bridgehead atoms. The Labute approximate surface area is 258 Å². The number of carbonyl (C=O) groups excluding carboxylic acids is 6. The SMILES string of the molecule is C[C@@H](O)[C@H](NC(=O)[C@@H]1CCCN1C(=O)CNC(=O)[C@H](CCC(N)=O)NC(=O)[C@@H]1CCCN1C(=O)[C@@H](N)Cc1cnc[nH]1)C(=O)O. The molecule has 2 aliphatic rings. The number of likely N-dealkylation sites (tertiary alicyclic amines) is 2. The molecular formula is C27H41N9O9. The Hall–Kier alpha value is -4.58. The third kappa shape index (κ3) is 9.45. The van der Waals surface area contributed by atoms with Crippen LogP contribution in [0.15, 0.2) is 12.5 Å². The van der Waals surface area contributed by atoms with Crippen molar-refractivity contribution in [3.05, 3.63) is 18.2 Å². The van der Waals surface area contributed by atoms with E-state index in [0.29, 0.717) is 25.0 Å². The predicted molar refractivity (Wildman–Crippen MR) is 154 cm³/mol. The number of aromatic nitrogens is 2. The fraction of sp³-hybridized carbons (Fsp3) is 0.630. The van der Waals surface area contributed by atoms with Crippen molar-refractivity contribution in [3.63, 3.8) is 0 Å². The van der Waals surface area contributed by atoms with Crippen LogP contribution in [0.1, 0.15) is 51.1 Å². The fourth-order valence-electron chi connectivity index (χ4n) is 5.42. The molecule has 2 saturated heterocycles. The first-order valence-corrected chi connectivity index (χ1v) is 14.7. The van der Waals surface area contributed by atoms with Gasteiger partial charge in [0.15, 0.2) is 6.04 Å². The first-order valence-electron chi connectivity index (χ1n) is 14.7. The van der Waals surface area contributed by atoms with Gasteiger partial charge < -0.3 is 52.4 Å². The number of carboxylic acid groups (broad SMARTS) is 1. The van der Waals surface area contributed by atoms with Crippen molar-refractivity contribution in [2.75, 3.05) is 19.6 Å². The summed E-state index contributed by atoms with van der Waals surface area (Å²) in [6, 6.07) is -5.68. The van der Waals surface area contributed by atoms with Gasteiger partial charge in [0, 0.05) is 37.8 Å². The number of carbonyl (C=O) groups is 7. The Kier molecular flexibility index (Phi) is 12.4. The van der Waals surface area contributed by atoms with Gasteiger partial charge in [-0.3, -0.25) is 28.8 Å². The van der Waals surface area contributed by atoms with Crippen LogP contribution in [0.25, 0.3) is 0 Å². The van der Waals surface area contributed by atoms with E-state index in [4.69, 9.17) is 11.5 Å². The number of nitrogens with one attached hydrogen (secondary N) is 4. The fourth-order valence-corrected chi connectivity index (χ4v) is 5.42. The molecule has 0 unspecified atom stereocenters. The van der Waals surface area contributed by atoms with Crippen molar-refractivity contribution >= 4 is 41.4 Å². The summed E-state index contributed by atoms with van der Waals surface area (Å²) in [5, 5.41) is 26.1. The minimum Gasteiger partial charge on any atom is -0.480 e. The molecule has 18 nitrogen and oxygen atoms in total. The van der Waals surface area contributed by atoms with Gasteiger partial charge in [-0.05, 0) is 39.0 Å². The molecule has 0 aromatic carbocycles. The number of aliphatic hydroxyl groups excluding tert-OH is 1. The molecule has 0 spiro atoms. The average Bonchev–Trinajstić information content (AvgIpc) is 3.77. The van der Waals surface area contributed by atoms with Gasteiger partial charge in [-0.15, -0.1) is 0 Å². The summed E-state index contributed by atoms with van der Waals surface area (Å²) < 4.78 is 0. The summed E-state index contributed by atoms with van der Waals surface area (Å²) in [5.41, 5.74) is 12.0. The molecule has 0 saturated carbocycles. The van der Waals surface area contributed by atoms with Crippen molar-refractivity contribution in [1.29, 1.82) is 0 Å². The Morgan fingerprint density at radius 2 is 1.67 bits per heavy atom. The highest BCUT2D eigenvalue weighted by atomic mass is 16.4. The Morgan fingerprint density at radius 1 is 1.04 bits per heavy atom. The van der Waals surface area contributed by atoms with Crippen molar-refractivity contribution in [2.45, 2.75) is 88.2 Å². The highest BCUT2D eigenvalue weighted by molar-refractivity contribution is 5.96. The van der Waals surface area contributed by atoms with Gasteiger partial charge in [-0.2, -0.15) is 0 Å². The Bertz CT molecular complexity index is 1260. The highest BCUT2D eigenvalue weighted by Crippen LogP contribution is 2.20. The van der Waals surface area contributed by atoms with Crippen LogP contribution in [0, 0.1) is 0 Å². The minimum absolute atomic E-state index is 0.175. The second-order valence-corrected chi connectivity index (χ2v) is 11.2. The topological polar surface area (TPSA) is 283 Å². The number of primary amides is 1. The summed E-state index contributed by atoms with van der Waals surface area (Å²) in [6.07, 6.45) is 2.93. The van der Waals surface area contributed by atoms with Gasteiger partial charge in [0.25, 0.3) is 0 Å². The van der Waals surface area contributed by atoms with Crippen LogP contribution in [0.2, 0.25) is 0 Å². The molecule has 0 radical (unpaired) electrons. The number of rotatable bonds is 15. The number of nitrogens with zero attached hydrogens (tertiary/aromatic N) is 3. The van der Waals surface area contributed by atoms with Crippen molar-refractivity contribution in [3.8, 4) is 0 Å². The first-order chi connectivity index (χ1) is 21.3. The number of carboxylic acids is 1. The summed E-state index contributed by atoms with van der Waals surface area (Å²) in [4.78, 5) is 97.3. The summed E-state index contributed by atoms with van der Waals surface area (Å²) in [6.45, 7) is 1.12. The van der Waals surface area contributed by atoms with E-state index in [2.05, 4.69) is 25.9 Å². The zero-order valence-corrected chi connectivity index (χ0v) is 24.9. The van der Waals surface area contributed by atoms with E-state index in [1.165, 1.54) is 23.1 Å². The summed E-state index contributed by atoms with van der Waals surface area (Å²) >= 11 is 0. The second kappa shape index (κ2) is 15.9. The first kappa shape index (κ1) is 34.9. The molecule has 10 N–H and O–H groups in total.